The minimum absolute atomic E-state index is 0.100. The predicted molar refractivity (Wildman–Crippen MR) is 68.4 cm³/mol. The van der Waals surface area contributed by atoms with Crippen molar-refractivity contribution in [2.75, 3.05) is 13.2 Å². The van der Waals surface area contributed by atoms with Crippen molar-refractivity contribution in [1.82, 2.24) is 4.90 Å². The molecule has 1 aliphatic carbocycles. The van der Waals surface area contributed by atoms with E-state index in [0.29, 0.717) is 19.2 Å². The van der Waals surface area contributed by atoms with Crippen LogP contribution in [0.2, 0.25) is 0 Å². The zero-order chi connectivity index (χ0) is 13.7. The Hall–Kier alpha value is -1.62. The molecule has 0 atom stereocenters. The number of ether oxygens (including phenoxy) is 1. The number of hydrogen-bond donors (Lipinski definition) is 0. The molecule has 0 radical (unpaired) electrons. The molecule has 5 heteroatoms. The van der Waals surface area contributed by atoms with Crippen molar-refractivity contribution in [2.45, 2.75) is 38.8 Å². The van der Waals surface area contributed by atoms with Crippen LogP contribution in [0.4, 0.5) is 0 Å². The van der Waals surface area contributed by atoms with Crippen LogP contribution in [0.3, 0.4) is 0 Å². The molecule has 1 aromatic rings. The van der Waals surface area contributed by atoms with Crippen LogP contribution in [0.1, 0.15) is 31.9 Å². The largest absolute Gasteiger partial charge is 0.468 e. The Kier molecular flexibility index (Phi) is 4.74. The molecule has 1 aliphatic rings. The van der Waals surface area contributed by atoms with Gasteiger partial charge in [-0.3, -0.25) is 14.5 Å². The van der Waals surface area contributed by atoms with Gasteiger partial charge in [0.05, 0.1) is 26.0 Å². The Bertz CT molecular complexity index is 423. The third-order valence-corrected chi connectivity index (χ3v) is 3.03. The van der Waals surface area contributed by atoms with Crippen LogP contribution >= 0.6 is 0 Å². The number of nitrogens with zero attached hydrogens (tertiary/aromatic N) is 1. The smallest absolute Gasteiger partial charge is 0.313 e. The third-order valence-electron chi connectivity index (χ3n) is 3.03. The molecule has 1 fully saturated rings. The van der Waals surface area contributed by atoms with Crippen molar-refractivity contribution in [3.63, 3.8) is 0 Å². The van der Waals surface area contributed by atoms with E-state index in [-0.39, 0.29) is 18.7 Å². The van der Waals surface area contributed by atoms with Crippen LogP contribution in [-0.4, -0.2) is 35.8 Å². The van der Waals surface area contributed by atoms with Crippen LogP contribution in [0.15, 0.2) is 22.8 Å². The van der Waals surface area contributed by atoms with E-state index in [1.807, 2.05) is 12.1 Å². The van der Waals surface area contributed by atoms with Crippen molar-refractivity contribution in [1.29, 1.82) is 0 Å². The van der Waals surface area contributed by atoms with Crippen molar-refractivity contribution >= 4 is 11.8 Å². The molecule has 104 valence electrons. The lowest BCUT2D eigenvalue weighted by molar-refractivity contribution is -0.145. The van der Waals surface area contributed by atoms with Crippen molar-refractivity contribution in [3.8, 4) is 0 Å². The van der Waals surface area contributed by atoms with Gasteiger partial charge in [0.2, 0.25) is 0 Å². The molecule has 19 heavy (non-hydrogen) atoms. The molecule has 0 saturated heterocycles. The Morgan fingerprint density at radius 2 is 2.26 bits per heavy atom. The van der Waals surface area contributed by atoms with E-state index in [4.69, 9.17) is 9.15 Å². The van der Waals surface area contributed by atoms with Gasteiger partial charge in [-0.25, -0.2) is 0 Å². The van der Waals surface area contributed by atoms with Crippen molar-refractivity contribution in [3.05, 3.63) is 24.2 Å². The first kappa shape index (κ1) is 13.8. The summed E-state index contributed by atoms with van der Waals surface area (Å²) < 4.78 is 10.1. The fraction of sp³-hybridized carbons (Fsp3) is 0.571. The molecule has 1 aromatic heterocycles. The first-order chi connectivity index (χ1) is 9.19. The summed E-state index contributed by atoms with van der Waals surface area (Å²) in [4.78, 5) is 25.2. The molecule has 0 spiro atoms. The van der Waals surface area contributed by atoms with E-state index in [1.54, 1.807) is 13.2 Å². The number of rotatable bonds is 8. The summed E-state index contributed by atoms with van der Waals surface area (Å²) in [5, 5.41) is 0. The Morgan fingerprint density at radius 3 is 2.84 bits per heavy atom. The van der Waals surface area contributed by atoms with E-state index < -0.39 is 5.97 Å². The second-order valence-electron chi connectivity index (χ2n) is 4.74. The van der Waals surface area contributed by atoms with Gasteiger partial charge in [-0.15, -0.1) is 0 Å². The Morgan fingerprint density at radius 1 is 1.47 bits per heavy atom. The number of carbonyl (C=O) groups is 2. The number of carbonyl (C=O) groups excluding carboxylic acids is 2. The van der Waals surface area contributed by atoms with Crippen molar-refractivity contribution < 1.29 is 18.7 Å². The quantitative estimate of drug-likeness (QED) is 0.529. The van der Waals surface area contributed by atoms with E-state index in [0.717, 1.165) is 18.6 Å². The van der Waals surface area contributed by atoms with Crippen molar-refractivity contribution in [2.24, 2.45) is 0 Å². The van der Waals surface area contributed by atoms with Crippen LogP contribution < -0.4 is 0 Å². The van der Waals surface area contributed by atoms with Crippen LogP contribution in [0.25, 0.3) is 0 Å². The average Bonchev–Trinajstić information content (AvgIpc) is 3.08. The summed E-state index contributed by atoms with van der Waals surface area (Å²) in [5.74, 6) is 0.300. The highest BCUT2D eigenvalue weighted by Crippen LogP contribution is 2.28. The molecule has 2 rings (SSSR count). The first-order valence-corrected chi connectivity index (χ1v) is 6.62. The van der Waals surface area contributed by atoms with Gasteiger partial charge in [-0.1, -0.05) is 0 Å². The Labute approximate surface area is 112 Å². The number of Topliss-reactive ketones (excluding diaryl/α,β-unsaturated/α-hetero) is 1. The number of hydrogen-bond acceptors (Lipinski definition) is 5. The molecule has 1 saturated carbocycles. The second kappa shape index (κ2) is 6.52. The molecule has 0 unspecified atom stereocenters. The maximum atomic E-state index is 11.8. The standard InChI is InChI=1S/C14H19NO4/c1-2-18-14(17)8-12(16)9-15(11-5-6-11)10-13-4-3-7-19-13/h3-4,7,11H,2,5-6,8-10H2,1H3. The molecule has 1 heterocycles. The first-order valence-electron chi connectivity index (χ1n) is 6.62. The van der Waals surface area contributed by atoms with Gasteiger partial charge in [0.1, 0.15) is 12.2 Å². The van der Waals surface area contributed by atoms with Gasteiger partial charge in [0.25, 0.3) is 0 Å². The zero-order valence-corrected chi connectivity index (χ0v) is 11.1. The van der Waals surface area contributed by atoms with Gasteiger partial charge in [-0.05, 0) is 31.9 Å². The summed E-state index contributed by atoms with van der Waals surface area (Å²) in [6, 6.07) is 4.17. The number of furan rings is 1. The van der Waals surface area contributed by atoms with Crippen LogP contribution in [-0.2, 0) is 20.9 Å². The molecule has 0 aromatic carbocycles. The predicted octanol–water partition coefficient (Wildman–Crippen LogP) is 1.77. The topological polar surface area (TPSA) is 59.8 Å². The summed E-state index contributed by atoms with van der Waals surface area (Å²) in [7, 11) is 0. The normalized spacial score (nSPS) is 14.6. The third kappa shape index (κ3) is 4.52. The van der Waals surface area contributed by atoms with Gasteiger partial charge in [0.15, 0.2) is 5.78 Å². The van der Waals surface area contributed by atoms with E-state index in [9.17, 15) is 9.59 Å². The number of ketones is 1. The SMILES string of the molecule is CCOC(=O)CC(=O)CN(Cc1ccco1)C1CC1. The van der Waals surface area contributed by atoms with Gasteiger partial charge >= 0.3 is 5.97 Å². The van der Waals surface area contributed by atoms with E-state index in [2.05, 4.69) is 4.90 Å². The monoisotopic (exact) mass is 265 g/mol. The highest BCUT2D eigenvalue weighted by molar-refractivity contribution is 5.96. The van der Waals surface area contributed by atoms with Crippen LogP contribution in [0.5, 0.6) is 0 Å². The van der Waals surface area contributed by atoms with E-state index in [1.165, 1.54) is 0 Å². The molecule has 0 N–H and O–H groups in total. The highest BCUT2D eigenvalue weighted by atomic mass is 16.5. The number of esters is 1. The summed E-state index contributed by atoms with van der Waals surface area (Å²) in [5.41, 5.74) is 0. The average molecular weight is 265 g/mol. The summed E-state index contributed by atoms with van der Waals surface area (Å²) >= 11 is 0. The molecular formula is C14H19NO4. The molecule has 5 nitrogen and oxygen atoms in total. The highest BCUT2D eigenvalue weighted by Gasteiger charge is 2.31. The maximum Gasteiger partial charge on any atom is 0.313 e. The minimum Gasteiger partial charge on any atom is -0.468 e. The van der Waals surface area contributed by atoms with Gasteiger partial charge < -0.3 is 9.15 Å². The maximum absolute atomic E-state index is 11.8. The molecule has 0 amide bonds. The fourth-order valence-corrected chi connectivity index (χ4v) is 2.01. The summed E-state index contributed by atoms with van der Waals surface area (Å²) in [6.07, 6.45) is 3.69. The van der Waals surface area contributed by atoms with Gasteiger partial charge in [0, 0.05) is 6.04 Å². The Balaban J connectivity index is 1.83. The van der Waals surface area contributed by atoms with Crippen LogP contribution in [0, 0.1) is 0 Å². The molecule has 0 bridgehead atoms. The molecular weight excluding hydrogens is 246 g/mol. The second-order valence-corrected chi connectivity index (χ2v) is 4.74. The fourth-order valence-electron chi connectivity index (χ4n) is 2.01. The lowest BCUT2D eigenvalue weighted by atomic mass is 10.2. The lowest BCUT2D eigenvalue weighted by Crippen LogP contribution is -2.32. The lowest BCUT2D eigenvalue weighted by Gasteiger charge is -2.19. The molecule has 0 aliphatic heterocycles. The minimum atomic E-state index is -0.443. The van der Waals surface area contributed by atoms with E-state index >= 15 is 0 Å². The van der Waals surface area contributed by atoms with Gasteiger partial charge in [-0.2, -0.15) is 0 Å². The summed E-state index contributed by atoms with van der Waals surface area (Å²) in [6.45, 7) is 2.94. The zero-order valence-electron chi connectivity index (χ0n) is 11.1.